The lowest BCUT2D eigenvalue weighted by Crippen LogP contribution is -2.39. The number of hydrogen-bond donors (Lipinski definition) is 3. The lowest BCUT2D eigenvalue weighted by atomic mass is 9.65. The van der Waals surface area contributed by atoms with Crippen molar-refractivity contribution in [1.29, 1.82) is 0 Å². The SMILES string of the molecule is CC1(C)C[C@H]2C[C@@](C)(CN2[C@H](C(=O)O)c2c[nH]c3cc(NC(=O)c4ccccc4)ccc23)C1. The quantitative estimate of drug-likeness (QED) is 0.488. The number of aromatic nitrogens is 1. The fraction of sp³-hybridized carbons (Fsp3) is 0.407. The standard InChI is InChI=1S/C27H31N3O3/c1-26(2)12-19-13-27(3,15-26)16-30(19)23(25(32)33)21-14-28-22-11-18(9-10-20(21)22)29-24(31)17-7-5-4-6-8-17/h4-11,14,19,23,28H,12-13,15-16H2,1-3H3,(H,29,31)(H,32,33)/t19-,23-,27+/m0/s1. The van der Waals surface area contributed by atoms with Crippen LogP contribution in [-0.2, 0) is 4.79 Å². The summed E-state index contributed by atoms with van der Waals surface area (Å²) in [6.07, 6.45) is 5.02. The van der Waals surface area contributed by atoms with Gasteiger partial charge in [0.25, 0.3) is 5.91 Å². The highest BCUT2D eigenvalue weighted by Gasteiger charge is 2.52. The molecule has 172 valence electrons. The molecule has 1 aromatic heterocycles. The van der Waals surface area contributed by atoms with E-state index >= 15 is 0 Å². The van der Waals surface area contributed by atoms with Gasteiger partial charge in [0.2, 0.25) is 0 Å². The molecular formula is C27H31N3O3. The number of carbonyl (C=O) groups is 2. The van der Waals surface area contributed by atoms with Crippen LogP contribution in [0.25, 0.3) is 10.9 Å². The van der Waals surface area contributed by atoms with Crippen molar-refractivity contribution in [1.82, 2.24) is 9.88 Å². The van der Waals surface area contributed by atoms with Crippen molar-refractivity contribution in [3.05, 3.63) is 65.9 Å². The molecule has 1 aliphatic carbocycles. The number of nitrogens with zero attached hydrogens (tertiary/aromatic N) is 1. The molecular weight excluding hydrogens is 414 g/mol. The smallest absolute Gasteiger partial charge is 0.325 e. The first-order chi connectivity index (χ1) is 15.6. The number of likely N-dealkylation sites (tertiary alicyclic amines) is 1. The second-order valence-electron chi connectivity index (χ2n) is 11.0. The molecule has 1 amide bonds. The van der Waals surface area contributed by atoms with Crippen molar-refractivity contribution in [2.45, 2.75) is 52.1 Å². The Morgan fingerprint density at radius 1 is 1.12 bits per heavy atom. The lowest BCUT2D eigenvalue weighted by Gasteiger charge is -2.40. The van der Waals surface area contributed by atoms with Crippen LogP contribution in [-0.4, -0.2) is 39.5 Å². The van der Waals surface area contributed by atoms with Gasteiger partial charge in [0.05, 0.1) is 0 Å². The monoisotopic (exact) mass is 445 g/mol. The van der Waals surface area contributed by atoms with E-state index < -0.39 is 12.0 Å². The third kappa shape index (κ3) is 4.04. The molecule has 1 aliphatic heterocycles. The van der Waals surface area contributed by atoms with Gasteiger partial charge in [-0.05, 0) is 54.4 Å². The van der Waals surface area contributed by atoms with E-state index in [2.05, 4.69) is 36.0 Å². The molecule has 3 atom stereocenters. The minimum Gasteiger partial charge on any atom is -0.480 e. The number of aliphatic carboxylic acids is 1. The number of rotatable bonds is 5. The molecule has 6 nitrogen and oxygen atoms in total. The van der Waals surface area contributed by atoms with Crippen LogP contribution in [0.1, 0.15) is 62.0 Å². The summed E-state index contributed by atoms with van der Waals surface area (Å²) < 4.78 is 0. The first-order valence-corrected chi connectivity index (χ1v) is 11.6. The number of carbonyl (C=O) groups excluding carboxylic acids is 1. The number of amides is 1. The molecule has 2 bridgehead atoms. The summed E-state index contributed by atoms with van der Waals surface area (Å²) in [5.74, 6) is -0.989. The third-order valence-electron chi connectivity index (χ3n) is 7.32. The predicted molar refractivity (Wildman–Crippen MR) is 129 cm³/mol. The third-order valence-corrected chi connectivity index (χ3v) is 7.32. The van der Waals surface area contributed by atoms with Crippen molar-refractivity contribution in [3.63, 3.8) is 0 Å². The maximum atomic E-state index is 12.5. The zero-order valence-electron chi connectivity index (χ0n) is 19.4. The summed E-state index contributed by atoms with van der Waals surface area (Å²) in [6.45, 7) is 7.70. The topological polar surface area (TPSA) is 85.4 Å². The van der Waals surface area contributed by atoms with Crippen LogP contribution in [0.15, 0.2) is 54.7 Å². The van der Waals surface area contributed by atoms with E-state index in [4.69, 9.17) is 0 Å². The minimum atomic E-state index is -0.814. The molecule has 0 radical (unpaired) electrons. The molecule has 2 aliphatic rings. The molecule has 6 heteroatoms. The number of aromatic amines is 1. The van der Waals surface area contributed by atoms with Gasteiger partial charge in [0.1, 0.15) is 6.04 Å². The number of benzene rings is 2. The zero-order valence-corrected chi connectivity index (χ0v) is 19.4. The van der Waals surface area contributed by atoms with Crippen LogP contribution in [0.2, 0.25) is 0 Å². The lowest BCUT2D eigenvalue weighted by molar-refractivity contribution is -0.144. The van der Waals surface area contributed by atoms with Crippen molar-refractivity contribution in [2.24, 2.45) is 10.8 Å². The van der Waals surface area contributed by atoms with Gasteiger partial charge >= 0.3 is 5.97 Å². The van der Waals surface area contributed by atoms with Gasteiger partial charge in [0.15, 0.2) is 0 Å². The van der Waals surface area contributed by atoms with Crippen LogP contribution < -0.4 is 5.32 Å². The van der Waals surface area contributed by atoms with E-state index in [1.165, 1.54) is 0 Å². The second-order valence-corrected chi connectivity index (χ2v) is 11.0. The summed E-state index contributed by atoms with van der Waals surface area (Å²) in [4.78, 5) is 30.5. The number of carboxylic acid groups (broad SMARTS) is 1. The Morgan fingerprint density at radius 2 is 1.88 bits per heavy atom. The molecule has 0 spiro atoms. The average Bonchev–Trinajstić information content (AvgIpc) is 3.25. The molecule has 5 rings (SSSR count). The average molecular weight is 446 g/mol. The second kappa shape index (κ2) is 7.73. The molecule has 2 heterocycles. The van der Waals surface area contributed by atoms with Crippen LogP contribution in [0.4, 0.5) is 5.69 Å². The molecule has 3 aromatic rings. The summed E-state index contributed by atoms with van der Waals surface area (Å²) in [6, 6.07) is 14.3. The molecule has 1 saturated carbocycles. The molecule has 2 aromatic carbocycles. The number of anilines is 1. The molecule has 33 heavy (non-hydrogen) atoms. The van der Waals surface area contributed by atoms with Crippen LogP contribution in [0.3, 0.4) is 0 Å². The molecule has 3 N–H and O–H groups in total. The Balaban J connectivity index is 1.44. The molecule has 0 unspecified atom stereocenters. The number of H-pyrrole nitrogens is 1. The van der Waals surface area contributed by atoms with Crippen molar-refractivity contribution in [3.8, 4) is 0 Å². The first kappa shape index (κ1) is 21.7. The Bertz CT molecular complexity index is 1220. The normalized spacial score (nSPS) is 25.1. The van der Waals surface area contributed by atoms with E-state index in [9.17, 15) is 14.7 Å². The van der Waals surface area contributed by atoms with Gasteiger partial charge in [-0.3, -0.25) is 14.5 Å². The fourth-order valence-electron chi connectivity index (χ4n) is 6.50. The highest BCUT2D eigenvalue weighted by molar-refractivity contribution is 6.05. The minimum absolute atomic E-state index is 0.154. The van der Waals surface area contributed by atoms with Crippen molar-refractivity contribution in [2.75, 3.05) is 11.9 Å². The first-order valence-electron chi connectivity index (χ1n) is 11.6. The van der Waals surface area contributed by atoms with Crippen LogP contribution >= 0.6 is 0 Å². The van der Waals surface area contributed by atoms with Gasteiger partial charge in [-0.15, -0.1) is 0 Å². The van der Waals surface area contributed by atoms with Crippen LogP contribution in [0, 0.1) is 10.8 Å². The van der Waals surface area contributed by atoms with Gasteiger partial charge in [-0.2, -0.15) is 0 Å². The number of carboxylic acids is 1. The Kier molecular flexibility index (Phi) is 5.09. The van der Waals surface area contributed by atoms with Gasteiger partial charge in [-0.1, -0.05) is 45.0 Å². The Hall–Kier alpha value is -3.12. The van der Waals surface area contributed by atoms with Gasteiger partial charge in [0, 0.05) is 46.5 Å². The van der Waals surface area contributed by atoms with Gasteiger partial charge in [-0.25, -0.2) is 0 Å². The number of fused-ring (bicyclic) bond motifs is 3. The van der Waals surface area contributed by atoms with E-state index in [1.807, 2.05) is 42.6 Å². The van der Waals surface area contributed by atoms with Crippen molar-refractivity contribution >= 4 is 28.5 Å². The maximum absolute atomic E-state index is 12.5. The summed E-state index contributed by atoms with van der Waals surface area (Å²) in [5.41, 5.74) is 3.24. The van der Waals surface area contributed by atoms with Crippen molar-refractivity contribution < 1.29 is 14.7 Å². The van der Waals surface area contributed by atoms with E-state index in [0.717, 1.165) is 42.3 Å². The fourth-order valence-corrected chi connectivity index (χ4v) is 6.50. The van der Waals surface area contributed by atoms with E-state index in [-0.39, 0.29) is 22.8 Å². The summed E-state index contributed by atoms with van der Waals surface area (Å²) >= 11 is 0. The summed E-state index contributed by atoms with van der Waals surface area (Å²) in [5, 5.41) is 14.1. The number of hydrogen-bond acceptors (Lipinski definition) is 3. The van der Waals surface area contributed by atoms with E-state index in [1.54, 1.807) is 12.1 Å². The van der Waals surface area contributed by atoms with E-state index in [0.29, 0.717) is 11.3 Å². The highest BCUT2D eigenvalue weighted by Crippen LogP contribution is 2.54. The molecule has 1 saturated heterocycles. The summed E-state index contributed by atoms with van der Waals surface area (Å²) in [7, 11) is 0. The highest BCUT2D eigenvalue weighted by atomic mass is 16.4. The Labute approximate surface area is 194 Å². The van der Waals surface area contributed by atoms with Gasteiger partial charge < -0.3 is 15.4 Å². The predicted octanol–water partition coefficient (Wildman–Crippen LogP) is 5.45. The Morgan fingerprint density at radius 3 is 2.61 bits per heavy atom. The van der Waals surface area contributed by atoms with Crippen LogP contribution in [0.5, 0.6) is 0 Å². The maximum Gasteiger partial charge on any atom is 0.325 e. The molecule has 2 fully saturated rings. The zero-order chi connectivity index (χ0) is 23.4. The number of nitrogens with one attached hydrogen (secondary N) is 2. The largest absolute Gasteiger partial charge is 0.480 e.